The van der Waals surface area contributed by atoms with Crippen molar-refractivity contribution >= 4 is 29.9 Å². The number of halogens is 1. The van der Waals surface area contributed by atoms with Crippen molar-refractivity contribution in [2.24, 2.45) is 4.99 Å². The van der Waals surface area contributed by atoms with E-state index in [1.54, 1.807) is 6.26 Å². The van der Waals surface area contributed by atoms with E-state index in [1.165, 1.54) is 19.3 Å². The maximum atomic E-state index is 5.77. The molecule has 6 heteroatoms. The van der Waals surface area contributed by atoms with Crippen LogP contribution in [0.1, 0.15) is 44.8 Å². The van der Waals surface area contributed by atoms with Gasteiger partial charge in [0.2, 0.25) is 0 Å². The summed E-state index contributed by atoms with van der Waals surface area (Å²) in [5.41, 5.74) is 1.05. The Bertz CT molecular complexity index is 497. The monoisotopic (exact) mass is 461 g/mol. The summed E-state index contributed by atoms with van der Waals surface area (Å²) in [6.07, 6.45) is 8.93. The lowest BCUT2D eigenvalue weighted by Crippen LogP contribution is -2.39. The molecular weight excluding hydrogens is 429 g/mol. The van der Waals surface area contributed by atoms with Gasteiger partial charge in [-0.1, -0.05) is 12.2 Å². The van der Waals surface area contributed by atoms with E-state index in [4.69, 9.17) is 9.15 Å². The number of nitrogens with one attached hydrogen (secondary N) is 2. The van der Waals surface area contributed by atoms with Gasteiger partial charge >= 0.3 is 0 Å². The standard InChI is InChI=1S/C19H31N3O2.HI/c1-16(2)15-22-19(21-12-10-18-9-6-14-24-18)20-11-5-8-17-7-3-4-13-23-17;/h6,9,14,17H,1,3-5,7-8,10-13,15H2,2H3,(H2,20,21,22);1H. The predicted molar refractivity (Wildman–Crippen MR) is 114 cm³/mol. The van der Waals surface area contributed by atoms with Crippen LogP contribution in [0, 0.1) is 0 Å². The second-order valence-electron chi connectivity index (χ2n) is 6.44. The summed E-state index contributed by atoms with van der Waals surface area (Å²) in [7, 11) is 0. The molecule has 2 N–H and O–H groups in total. The minimum Gasteiger partial charge on any atom is -0.469 e. The van der Waals surface area contributed by atoms with Gasteiger partial charge in [0.25, 0.3) is 0 Å². The molecule has 1 aliphatic heterocycles. The highest BCUT2D eigenvalue weighted by Crippen LogP contribution is 2.16. The zero-order chi connectivity index (χ0) is 17.0. The van der Waals surface area contributed by atoms with E-state index in [1.807, 2.05) is 19.1 Å². The van der Waals surface area contributed by atoms with E-state index in [0.717, 1.165) is 56.3 Å². The lowest BCUT2D eigenvalue weighted by Gasteiger charge is -2.22. The number of hydrogen-bond donors (Lipinski definition) is 2. The Morgan fingerprint density at radius 3 is 2.84 bits per heavy atom. The quantitative estimate of drug-likeness (QED) is 0.193. The molecule has 0 spiro atoms. The number of nitrogens with zero attached hydrogens (tertiary/aromatic N) is 1. The zero-order valence-electron chi connectivity index (χ0n) is 15.3. The first kappa shape index (κ1) is 22.0. The zero-order valence-corrected chi connectivity index (χ0v) is 17.6. The van der Waals surface area contributed by atoms with Gasteiger partial charge in [0, 0.05) is 26.1 Å². The van der Waals surface area contributed by atoms with E-state index in [9.17, 15) is 0 Å². The molecule has 1 unspecified atom stereocenters. The molecule has 25 heavy (non-hydrogen) atoms. The molecule has 1 aromatic rings. The first-order valence-electron chi connectivity index (χ1n) is 9.04. The predicted octanol–water partition coefficient (Wildman–Crippen LogP) is 3.90. The third kappa shape index (κ3) is 9.89. The number of aliphatic imine (C=N–C) groups is 1. The highest BCUT2D eigenvalue weighted by atomic mass is 127. The molecule has 5 nitrogen and oxygen atoms in total. The van der Waals surface area contributed by atoms with E-state index < -0.39 is 0 Å². The van der Waals surface area contributed by atoms with Gasteiger partial charge in [-0.05, 0) is 51.2 Å². The summed E-state index contributed by atoms with van der Waals surface area (Å²) < 4.78 is 11.1. The molecular formula is C19H32IN3O2. The Morgan fingerprint density at radius 2 is 2.16 bits per heavy atom. The van der Waals surface area contributed by atoms with E-state index >= 15 is 0 Å². The molecule has 1 fully saturated rings. The van der Waals surface area contributed by atoms with Crippen LogP contribution < -0.4 is 10.6 Å². The molecule has 142 valence electrons. The van der Waals surface area contributed by atoms with Crippen LogP contribution in [0.15, 0.2) is 40.0 Å². The third-order valence-electron chi connectivity index (χ3n) is 4.02. The lowest BCUT2D eigenvalue weighted by molar-refractivity contribution is 0.0104. The van der Waals surface area contributed by atoms with E-state index in [-0.39, 0.29) is 24.0 Å². The molecule has 2 rings (SSSR count). The molecule has 0 aliphatic carbocycles. The molecule has 0 radical (unpaired) electrons. The van der Waals surface area contributed by atoms with Crippen molar-refractivity contribution in [3.8, 4) is 0 Å². The van der Waals surface area contributed by atoms with Crippen LogP contribution >= 0.6 is 24.0 Å². The second kappa shape index (κ2) is 13.2. The number of hydrogen-bond acceptors (Lipinski definition) is 3. The van der Waals surface area contributed by atoms with Gasteiger partial charge in [-0.25, -0.2) is 4.99 Å². The molecule has 0 saturated carbocycles. The van der Waals surface area contributed by atoms with Crippen molar-refractivity contribution in [3.63, 3.8) is 0 Å². The first-order valence-corrected chi connectivity index (χ1v) is 9.04. The fourth-order valence-corrected chi connectivity index (χ4v) is 2.72. The number of ether oxygens (including phenoxy) is 1. The molecule has 0 amide bonds. The molecule has 1 saturated heterocycles. The molecule has 1 aromatic heterocycles. The van der Waals surface area contributed by atoms with Gasteiger partial charge < -0.3 is 19.8 Å². The van der Waals surface area contributed by atoms with Gasteiger partial charge in [-0.15, -0.1) is 24.0 Å². The fourth-order valence-electron chi connectivity index (χ4n) is 2.72. The van der Waals surface area contributed by atoms with Gasteiger partial charge in [-0.2, -0.15) is 0 Å². The molecule has 0 aromatic carbocycles. The number of furan rings is 1. The van der Waals surface area contributed by atoms with Crippen molar-refractivity contribution in [1.29, 1.82) is 0 Å². The normalized spacial score (nSPS) is 17.6. The van der Waals surface area contributed by atoms with Crippen LogP contribution in [0.4, 0.5) is 0 Å². The maximum absolute atomic E-state index is 5.77. The van der Waals surface area contributed by atoms with Gasteiger partial charge in [-0.3, -0.25) is 0 Å². The van der Waals surface area contributed by atoms with Gasteiger partial charge in [0.05, 0.1) is 18.9 Å². The average molecular weight is 461 g/mol. The van der Waals surface area contributed by atoms with Crippen molar-refractivity contribution in [2.45, 2.75) is 51.6 Å². The van der Waals surface area contributed by atoms with Crippen LogP contribution in [0.25, 0.3) is 0 Å². The van der Waals surface area contributed by atoms with Crippen molar-refractivity contribution < 1.29 is 9.15 Å². The Kier molecular flexibility index (Phi) is 11.6. The summed E-state index contributed by atoms with van der Waals surface area (Å²) >= 11 is 0. The van der Waals surface area contributed by atoms with Crippen LogP contribution in [-0.2, 0) is 11.2 Å². The largest absolute Gasteiger partial charge is 0.469 e. The van der Waals surface area contributed by atoms with E-state index in [2.05, 4.69) is 22.2 Å². The number of rotatable bonds is 9. The Morgan fingerprint density at radius 1 is 1.32 bits per heavy atom. The first-order chi connectivity index (χ1) is 11.7. The summed E-state index contributed by atoms with van der Waals surface area (Å²) in [6.45, 7) is 9.17. The Labute approximate surface area is 168 Å². The van der Waals surface area contributed by atoms with Crippen molar-refractivity contribution in [3.05, 3.63) is 36.3 Å². The van der Waals surface area contributed by atoms with Crippen LogP contribution in [-0.4, -0.2) is 38.3 Å². The highest BCUT2D eigenvalue weighted by Gasteiger charge is 2.12. The van der Waals surface area contributed by atoms with Crippen molar-refractivity contribution in [1.82, 2.24) is 10.6 Å². The average Bonchev–Trinajstić information content (AvgIpc) is 3.10. The topological polar surface area (TPSA) is 58.8 Å². The van der Waals surface area contributed by atoms with Crippen LogP contribution in [0.2, 0.25) is 0 Å². The molecule has 2 heterocycles. The fraction of sp³-hybridized carbons (Fsp3) is 0.632. The van der Waals surface area contributed by atoms with Crippen LogP contribution in [0.5, 0.6) is 0 Å². The molecule has 1 atom stereocenters. The summed E-state index contributed by atoms with van der Waals surface area (Å²) in [5, 5.41) is 6.76. The Balaban J connectivity index is 0.00000312. The summed E-state index contributed by atoms with van der Waals surface area (Å²) in [4.78, 5) is 4.56. The Hall–Kier alpha value is -1.02. The summed E-state index contributed by atoms with van der Waals surface area (Å²) in [6, 6.07) is 3.90. The van der Waals surface area contributed by atoms with Crippen LogP contribution in [0.3, 0.4) is 0 Å². The molecule has 0 bridgehead atoms. The third-order valence-corrected chi connectivity index (χ3v) is 4.02. The number of guanidine groups is 1. The van der Waals surface area contributed by atoms with Gasteiger partial charge in [0.15, 0.2) is 5.96 Å². The minimum atomic E-state index is 0. The van der Waals surface area contributed by atoms with Crippen molar-refractivity contribution in [2.75, 3.05) is 26.2 Å². The smallest absolute Gasteiger partial charge is 0.191 e. The van der Waals surface area contributed by atoms with E-state index in [0.29, 0.717) is 12.6 Å². The molecule has 1 aliphatic rings. The SMILES string of the molecule is C=C(C)CN=C(NCCCC1CCCCO1)NCCc1ccco1.I. The minimum absolute atomic E-state index is 0. The van der Waals surface area contributed by atoms with Gasteiger partial charge in [0.1, 0.15) is 5.76 Å². The summed E-state index contributed by atoms with van der Waals surface area (Å²) in [5.74, 6) is 1.82. The maximum Gasteiger partial charge on any atom is 0.191 e. The second-order valence-corrected chi connectivity index (χ2v) is 6.44. The lowest BCUT2D eigenvalue weighted by atomic mass is 10.0. The highest BCUT2D eigenvalue weighted by molar-refractivity contribution is 14.0.